The van der Waals surface area contributed by atoms with Gasteiger partial charge in [-0.25, -0.2) is 13.6 Å². The maximum absolute atomic E-state index is 11.8. The molecule has 23 heavy (non-hydrogen) atoms. The van der Waals surface area contributed by atoms with Crippen molar-refractivity contribution < 1.29 is 13.2 Å². The summed E-state index contributed by atoms with van der Waals surface area (Å²) in [6.45, 7) is 2.03. The maximum Gasteiger partial charge on any atom is 0.238 e. The summed E-state index contributed by atoms with van der Waals surface area (Å²) in [5.41, 5.74) is 2.22. The first kappa shape index (κ1) is 17.2. The van der Waals surface area contributed by atoms with Gasteiger partial charge in [0.25, 0.3) is 0 Å². The predicted molar refractivity (Wildman–Crippen MR) is 91.4 cm³/mol. The quantitative estimate of drug-likeness (QED) is 0.851. The van der Waals surface area contributed by atoms with Gasteiger partial charge in [-0.05, 0) is 41.8 Å². The molecule has 0 aliphatic heterocycles. The number of nitrogens with one attached hydrogen (secondary N) is 1. The van der Waals surface area contributed by atoms with E-state index in [0.717, 1.165) is 24.0 Å². The van der Waals surface area contributed by atoms with Crippen LogP contribution >= 0.6 is 0 Å². The Bertz CT molecular complexity index is 801. The summed E-state index contributed by atoms with van der Waals surface area (Å²) >= 11 is 0. The fraction of sp³-hybridized carbons (Fsp3) is 0.235. The van der Waals surface area contributed by atoms with Crippen LogP contribution in [0.2, 0.25) is 0 Å². The van der Waals surface area contributed by atoms with E-state index in [2.05, 4.69) is 5.32 Å². The molecule has 0 fully saturated rings. The number of carbonyl (C=O) groups excluding carboxylic acids is 1. The van der Waals surface area contributed by atoms with Crippen LogP contribution in [0.3, 0.4) is 0 Å². The SMILES string of the molecule is CCCCC(=O)Nc1cccc(-c2cccc(S(N)(=O)=O)c2)c1. The van der Waals surface area contributed by atoms with E-state index in [1.54, 1.807) is 18.2 Å². The molecule has 1 amide bonds. The number of nitrogens with two attached hydrogens (primary N) is 1. The highest BCUT2D eigenvalue weighted by Crippen LogP contribution is 2.24. The minimum absolute atomic E-state index is 0.0257. The topological polar surface area (TPSA) is 89.3 Å². The van der Waals surface area contributed by atoms with E-state index in [0.29, 0.717) is 12.1 Å². The highest BCUT2D eigenvalue weighted by molar-refractivity contribution is 7.89. The normalized spacial score (nSPS) is 11.2. The molecule has 0 saturated carbocycles. The van der Waals surface area contributed by atoms with Gasteiger partial charge in [-0.3, -0.25) is 4.79 Å². The van der Waals surface area contributed by atoms with E-state index in [1.165, 1.54) is 12.1 Å². The molecular formula is C17H20N2O3S. The summed E-state index contributed by atoms with van der Waals surface area (Å²) in [6.07, 6.45) is 2.30. The summed E-state index contributed by atoms with van der Waals surface area (Å²) in [6, 6.07) is 13.7. The summed E-state index contributed by atoms with van der Waals surface area (Å²) in [4.78, 5) is 11.9. The van der Waals surface area contributed by atoms with E-state index in [9.17, 15) is 13.2 Å². The van der Waals surface area contributed by atoms with Crippen LogP contribution < -0.4 is 10.5 Å². The summed E-state index contributed by atoms with van der Waals surface area (Å²) in [5.74, 6) is -0.0257. The average molecular weight is 332 g/mol. The van der Waals surface area contributed by atoms with Crippen LogP contribution in [0.5, 0.6) is 0 Å². The number of amides is 1. The number of rotatable bonds is 6. The van der Waals surface area contributed by atoms with Gasteiger partial charge in [0.05, 0.1) is 4.90 Å². The van der Waals surface area contributed by atoms with Crippen LogP contribution in [-0.2, 0) is 14.8 Å². The van der Waals surface area contributed by atoms with Crippen molar-refractivity contribution in [2.75, 3.05) is 5.32 Å². The fourth-order valence-corrected chi connectivity index (χ4v) is 2.75. The summed E-state index contributed by atoms with van der Waals surface area (Å²) < 4.78 is 22.9. The maximum atomic E-state index is 11.8. The van der Waals surface area contributed by atoms with Crippen molar-refractivity contribution in [2.45, 2.75) is 31.1 Å². The molecule has 0 saturated heterocycles. The van der Waals surface area contributed by atoms with Crippen LogP contribution in [0.15, 0.2) is 53.4 Å². The molecule has 2 rings (SSSR count). The van der Waals surface area contributed by atoms with Crippen molar-refractivity contribution >= 4 is 21.6 Å². The van der Waals surface area contributed by atoms with Crippen LogP contribution in [-0.4, -0.2) is 14.3 Å². The lowest BCUT2D eigenvalue weighted by Crippen LogP contribution is -2.12. The van der Waals surface area contributed by atoms with Gasteiger partial charge >= 0.3 is 0 Å². The van der Waals surface area contributed by atoms with Crippen molar-refractivity contribution in [1.82, 2.24) is 0 Å². The highest BCUT2D eigenvalue weighted by Gasteiger charge is 2.09. The molecule has 5 nitrogen and oxygen atoms in total. The average Bonchev–Trinajstić information content (AvgIpc) is 2.52. The Morgan fingerprint density at radius 3 is 2.39 bits per heavy atom. The number of unbranched alkanes of at least 4 members (excludes halogenated alkanes) is 1. The van der Waals surface area contributed by atoms with Crippen molar-refractivity contribution in [3.63, 3.8) is 0 Å². The molecule has 3 N–H and O–H groups in total. The first-order valence-corrected chi connectivity index (χ1v) is 8.98. The minimum atomic E-state index is -3.74. The van der Waals surface area contributed by atoms with Crippen molar-refractivity contribution in [3.8, 4) is 11.1 Å². The van der Waals surface area contributed by atoms with Gasteiger partial charge in [-0.1, -0.05) is 37.6 Å². The molecule has 0 atom stereocenters. The zero-order chi connectivity index (χ0) is 16.9. The minimum Gasteiger partial charge on any atom is -0.326 e. The molecule has 0 bridgehead atoms. The fourth-order valence-electron chi connectivity index (χ4n) is 2.19. The van der Waals surface area contributed by atoms with E-state index in [4.69, 9.17) is 5.14 Å². The lowest BCUT2D eigenvalue weighted by Gasteiger charge is -2.08. The van der Waals surface area contributed by atoms with Crippen LogP contribution in [0, 0.1) is 0 Å². The molecule has 2 aromatic rings. The monoisotopic (exact) mass is 332 g/mol. The van der Waals surface area contributed by atoms with Crippen molar-refractivity contribution in [2.24, 2.45) is 5.14 Å². The van der Waals surface area contributed by atoms with Gasteiger partial charge in [0.15, 0.2) is 0 Å². The summed E-state index contributed by atoms with van der Waals surface area (Å²) in [5, 5.41) is 8.01. The Labute approximate surface area is 136 Å². The molecule has 0 aromatic heterocycles. The smallest absolute Gasteiger partial charge is 0.238 e. The number of carbonyl (C=O) groups is 1. The number of primary sulfonamides is 1. The molecule has 0 radical (unpaired) electrons. The molecule has 122 valence electrons. The van der Waals surface area contributed by atoms with Gasteiger partial charge in [0.2, 0.25) is 15.9 Å². The Morgan fingerprint density at radius 1 is 1.09 bits per heavy atom. The third-order valence-electron chi connectivity index (χ3n) is 3.40. The highest BCUT2D eigenvalue weighted by atomic mass is 32.2. The number of anilines is 1. The van der Waals surface area contributed by atoms with Crippen molar-refractivity contribution in [3.05, 3.63) is 48.5 Å². The van der Waals surface area contributed by atoms with Gasteiger partial charge < -0.3 is 5.32 Å². The standard InChI is InChI=1S/C17H20N2O3S/c1-2-3-10-17(20)19-15-8-4-6-13(11-15)14-7-5-9-16(12-14)23(18,21)22/h4-9,11-12H,2-3,10H2,1H3,(H,19,20)(H2,18,21,22). The molecule has 2 aromatic carbocycles. The molecule has 0 spiro atoms. The lowest BCUT2D eigenvalue weighted by molar-refractivity contribution is -0.116. The second-order valence-electron chi connectivity index (χ2n) is 5.31. The molecule has 0 heterocycles. The second-order valence-corrected chi connectivity index (χ2v) is 6.87. The number of hydrogen-bond donors (Lipinski definition) is 2. The third-order valence-corrected chi connectivity index (χ3v) is 4.31. The van der Waals surface area contributed by atoms with Crippen LogP contribution in [0.25, 0.3) is 11.1 Å². The predicted octanol–water partition coefficient (Wildman–Crippen LogP) is 3.13. The van der Waals surface area contributed by atoms with Gasteiger partial charge in [-0.15, -0.1) is 0 Å². The Hall–Kier alpha value is -2.18. The largest absolute Gasteiger partial charge is 0.326 e. The molecule has 0 aliphatic carbocycles. The van der Waals surface area contributed by atoms with E-state index < -0.39 is 10.0 Å². The summed E-state index contributed by atoms with van der Waals surface area (Å²) in [7, 11) is -3.74. The second kappa shape index (κ2) is 7.39. The Kier molecular flexibility index (Phi) is 5.52. The molecule has 0 aliphatic rings. The van der Waals surface area contributed by atoms with Gasteiger partial charge in [0.1, 0.15) is 0 Å². The zero-order valence-electron chi connectivity index (χ0n) is 13.0. The van der Waals surface area contributed by atoms with Crippen LogP contribution in [0.4, 0.5) is 5.69 Å². The molecule has 0 unspecified atom stereocenters. The van der Waals surface area contributed by atoms with E-state index in [1.807, 2.05) is 25.1 Å². The van der Waals surface area contributed by atoms with E-state index in [-0.39, 0.29) is 10.8 Å². The Morgan fingerprint density at radius 2 is 1.74 bits per heavy atom. The third kappa shape index (κ3) is 4.91. The molecule has 6 heteroatoms. The number of benzene rings is 2. The van der Waals surface area contributed by atoms with Gasteiger partial charge in [0, 0.05) is 12.1 Å². The van der Waals surface area contributed by atoms with Crippen molar-refractivity contribution in [1.29, 1.82) is 0 Å². The van der Waals surface area contributed by atoms with Gasteiger partial charge in [-0.2, -0.15) is 0 Å². The number of hydrogen-bond acceptors (Lipinski definition) is 3. The lowest BCUT2D eigenvalue weighted by atomic mass is 10.1. The molecular weight excluding hydrogens is 312 g/mol. The van der Waals surface area contributed by atoms with Crippen LogP contribution in [0.1, 0.15) is 26.2 Å². The zero-order valence-corrected chi connectivity index (χ0v) is 13.8. The van der Waals surface area contributed by atoms with E-state index >= 15 is 0 Å². The number of sulfonamides is 1. The first-order valence-electron chi connectivity index (χ1n) is 7.43. The Balaban J connectivity index is 2.25. The first-order chi connectivity index (χ1) is 10.9.